The number of nitrogens with two attached hydrogens (primary N) is 2. The van der Waals surface area contributed by atoms with E-state index in [1.165, 1.54) is 0 Å². The standard InChI is InChI=1S/C26H28FN3O8/c27-13-8-14(30-15(31)5-9-3-1-2-4-9)20(32)17-11(13)6-10-7-12-19(28)22(34)18(25(29)37)24(36)26(12,38)23(35)16(10)21(17)33/h8-10,12,19,32-33,36,38H,1-7,28H2,(H2,29,37)(H,30,31)/t10-,12-,19-,26-/m0/s1. The van der Waals surface area contributed by atoms with Crippen LogP contribution in [0, 0.1) is 23.6 Å². The van der Waals surface area contributed by atoms with E-state index in [1.54, 1.807) is 0 Å². The van der Waals surface area contributed by atoms with E-state index in [-0.39, 0.29) is 36.4 Å². The fraction of sp³-hybridized carbons (Fsp3) is 0.462. The molecule has 0 heterocycles. The Labute approximate surface area is 216 Å². The minimum Gasteiger partial charge on any atom is -0.508 e. The molecule has 0 aliphatic heterocycles. The number of rotatable bonds is 4. The second kappa shape index (κ2) is 8.91. The topological polar surface area (TPSA) is 213 Å². The number of halogens is 1. The fourth-order valence-corrected chi connectivity index (χ4v) is 6.51. The van der Waals surface area contributed by atoms with E-state index in [0.29, 0.717) is 0 Å². The quantitative estimate of drug-likeness (QED) is 0.219. The number of carbonyl (C=O) groups is 4. The average molecular weight is 530 g/mol. The summed E-state index contributed by atoms with van der Waals surface area (Å²) in [7, 11) is 0. The maximum Gasteiger partial charge on any atom is 0.255 e. The number of ketones is 2. The number of aromatic hydroxyl groups is 1. The Morgan fingerprint density at radius 3 is 2.45 bits per heavy atom. The molecule has 0 aromatic heterocycles. The first-order valence-corrected chi connectivity index (χ1v) is 12.5. The molecule has 2 fully saturated rings. The summed E-state index contributed by atoms with van der Waals surface area (Å²) in [6.07, 6.45) is 3.57. The summed E-state index contributed by atoms with van der Waals surface area (Å²) < 4.78 is 15.2. The molecule has 1 aromatic rings. The van der Waals surface area contributed by atoms with Crippen LogP contribution in [0.1, 0.15) is 49.7 Å². The molecular weight excluding hydrogens is 501 g/mol. The van der Waals surface area contributed by atoms with Crippen molar-refractivity contribution < 1.29 is 44.0 Å². The molecule has 0 spiro atoms. The third-order valence-corrected chi connectivity index (χ3v) is 8.42. The molecule has 4 aliphatic carbocycles. The van der Waals surface area contributed by atoms with Crippen LogP contribution in [0.3, 0.4) is 0 Å². The van der Waals surface area contributed by atoms with Crippen LogP contribution in [-0.4, -0.2) is 55.4 Å². The minimum atomic E-state index is -2.85. The highest BCUT2D eigenvalue weighted by molar-refractivity contribution is 6.24. The monoisotopic (exact) mass is 529 g/mol. The lowest BCUT2D eigenvalue weighted by Crippen LogP contribution is -2.65. The van der Waals surface area contributed by atoms with Gasteiger partial charge in [-0.1, -0.05) is 12.8 Å². The molecule has 4 atom stereocenters. The number of anilines is 1. The van der Waals surface area contributed by atoms with Crippen LogP contribution in [0.15, 0.2) is 23.0 Å². The van der Waals surface area contributed by atoms with Gasteiger partial charge in [0.15, 0.2) is 17.1 Å². The lowest BCUT2D eigenvalue weighted by molar-refractivity contribution is -0.149. The van der Waals surface area contributed by atoms with Crippen molar-refractivity contribution in [2.24, 2.45) is 29.2 Å². The van der Waals surface area contributed by atoms with Crippen LogP contribution in [0.25, 0.3) is 5.76 Å². The number of amides is 2. The number of hydrogen-bond donors (Lipinski definition) is 7. The second-order valence-electron chi connectivity index (χ2n) is 10.6. The molecule has 2 saturated carbocycles. The number of aliphatic hydroxyl groups excluding tert-OH is 2. The Morgan fingerprint density at radius 1 is 1.16 bits per heavy atom. The number of nitrogens with one attached hydrogen (secondary N) is 1. The summed E-state index contributed by atoms with van der Waals surface area (Å²) in [4.78, 5) is 50.5. The largest absolute Gasteiger partial charge is 0.508 e. The highest BCUT2D eigenvalue weighted by atomic mass is 19.1. The molecule has 11 nitrogen and oxygen atoms in total. The van der Waals surface area contributed by atoms with Gasteiger partial charge in [-0.05, 0) is 37.5 Å². The van der Waals surface area contributed by atoms with Gasteiger partial charge in [-0.2, -0.15) is 0 Å². The molecule has 1 aromatic carbocycles. The number of carbonyl (C=O) groups excluding carboxylic acids is 4. The zero-order chi connectivity index (χ0) is 27.7. The fourth-order valence-electron chi connectivity index (χ4n) is 6.51. The Kier molecular flexibility index (Phi) is 6.07. The van der Waals surface area contributed by atoms with Crippen molar-refractivity contribution in [2.45, 2.75) is 56.6 Å². The van der Waals surface area contributed by atoms with Crippen LogP contribution in [0.5, 0.6) is 5.75 Å². The van der Waals surface area contributed by atoms with Gasteiger partial charge < -0.3 is 37.2 Å². The summed E-state index contributed by atoms with van der Waals surface area (Å²) in [6.45, 7) is 0. The Bertz CT molecular complexity index is 1360. The number of phenols is 1. The molecule has 5 rings (SSSR count). The third-order valence-electron chi connectivity index (χ3n) is 8.42. The maximum absolute atomic E-state index is 15.2. The molecule has 0 saturated heterocycles. The summed E-state index contributed by atoms with van der Waals surface area (Å²) in [6, 6.07) is -0.646. The molecule has 4 aliphatic rings. The van der Waals surface area contributed by atoms with Crippen molar-refractivity contribution in [3.05, 3.63) is 39.9 Å². The molecule has 0 bridgehead atoms. The lowest BCUT2D eigenvalue weighted by Gasteiger charge is -2.48. The summed E-state index contributed by atoms with van der Waals surface area (Å²) in [5.41, 5.74) is 5.98. The van der Waals surface area contributed by atoms with E-state index in [4.69, 9.17) is 11.5 Å². The van der Waals surface area contributed by atoms with Crippen LogP contribution < -0.4 is 16.8 Å². The lowest BCUT2D eigenvalue weighted by atomic mass is 9.58. The van der Waals surface area contributed by atoms with Crippen LogP contribution in [0.2, 0.25) is 0 Å². The van der Waals surface area contributed by atoms with Crippen molar-refractivity contribution in [3.8, 4) is 5.75 Å². The number of fused-ring (bicyclic) bond motifs is 3. The van der Waals surface area contributed by atoms with Gasteiger partial charge in [0, 0.05) is 29.5 Å². The summed E-state index contributed by atoms with van der Waals surface area (Å²) >= 11 is 0. The number of hydrogen-bond acceptors (Lipinski definition) is 9. The highest BCUT2D eigenvalue weighted by Crippen LogP contribution is 2.52. The number of primary amides is 1. The maximum atomic E-state index is 15.2. The second-order valence-corrected chi connectivity index (χ2v) is 10.6. The SMILES string of the molecule is NC(=O)C1=C(O)[C@@]2(O)C(=O)C3=C(O)c4c(O)c(NC(=O)CC5CCCC5)cc(F)c4C[C@H]3C[C@H]2[C@H](N)C1=O. The van der Waals surface area contributed by atoms with Crippen molar-refractivity contribution >= 4 is 34.8 Å². The Hall–Kier alpha value is -3.77. The number of benzene rings is 1. The van der Waals surface area contributed by atoms with Gasteiger partial charge in [0.1, 0.15) is 22.9 Å². The number of aliphatic hydroxyl groups is 3. The summed E-state index contributed by atoms with van der Waals surface area (Å²) in [5, 5.41) is 46.5. The van der Waals surface area contributed by atoms with Crippen molar-refractivity contribution in [1.29, 1.82) is 0 Å². The Balaban J connectivity index is 1.58. The molecule has 12 heteroatoms. The number of Topliss-reactive ketones (excluding diaryl/α,β-unsaturated/α-hetero) is 2. The van der Waals surface area contributed by atoms with Gasteiger partial charge in [-0.3, -0.25) is 19.2 Å². The van der Waals surface area contributed by atoms with Crippen molar-refractivity contribution in [3.63, 3.8) is 0 Å². The zero-order valence-electron chi connectivity index (χ0n) is 20.3. The van der Waals surface area contributed by atoms with Gasteiger partial charge in [-0.25, -0.2) is 4.39 Å². The van der Waals surface area contributed by atoms with Crippen molar-refractivity contribution in [2.75, 3.05) is 5.32 Å². The molecule has 2 amide bonds. The van der Waals surface area contributed by atoms with Crippen LogP contribution >= 0.6 is 0 Å². The van der Waals surface area contributed by atoms with E-state index < -0.39 is 86.7 Å². The smallest absolute Gasteiger partial charge is 0.255 e. The molecule has 202 valence electrons. The van der Waals surface area contributed by atoms with E-state index in [1.807, 2.05) is 0 Å². The normalized spacial score (nSPS) is 29.2. The van der Waals surface area contributed by atoms with Crippen LogP contribution in [-0.2, 0) is 25.6 Å². The van der Waals surface area contributed by atoms with Gasteiger partial charge in [0.25, 0.3) is 5.91 Å². The minimum absolute atomic E-state index is 0.130. The molecular formula is C26H28FN3O8. The van der Waals surface area contributed by atoms with Gasteiger partial charge in [-0.15, -0.1) is 0 Å². The van der Waals surface area contributed by atoms with Crippen LogP contribution in [0.4, 0.5) is 10.1 Å². The van der Waals surface area contributed by atoms with Gasteiger partial charge in [0.05, 0.1) is 17.3 Å². The first kappa shape index (κ1) is 25.9. The molecule has 38 heavy (non-hydrogen) atoms. The van der Waals surface area contributed by atoms with E-state index in [9.17, 15) is 39.6 Å². The van der Waals surface area contributed by atoms with Crippen molar-refractivity contribution in [1.82, 2.24) is 0 Å². The highest BCUT2D eigenvalue weighted by Gasteiger charge is 2.63. The molecule has 0 radical (unpaired) electrons. The third kappa shape index (κ3) is 3.62. The molecule has 9 N–H and O–H groups in total. The first-order valence-electron chi connectivity index (χ1n) is 12.5. The van der Waals surface area contributed by atoms with Gasteiger partial charge in [0.2, 0.25) is 11.7 Å². The average Bonchev–Trinajstić information content (AvgIpc) is 3.35. The van der Waals surface area contributed by atoms with Gasteiger partial charge >= 0.3 is 0 Å². The zero-order valence-corrected chi connectivity index (χ0v) is 20.3. The predicted octanol–water partition coefficient (Wildman–Crippen LogP) is 1.02. The Morgan fingerprint density at radius 2 is 1.82 bits per heavy atom. The van der Waals surface area contributed by atoms with E-state index >= 15 is 4.39 Å². The summed E-state index contributed by atoms with van der Waals surface area (Å²) in [5.74, 6) is -9.90. The first-order chi connectivity index (χ1) is 17.9. The van der Waals surface area contributed by atoms with E-state index in [2.05, 4.69) is 5.32 Å². The number of phenolic OH excluding ortho intramolecular Hbond substituents is 1. The van der Waals surface area contributed by atoms with E-state index in [0.717, 1.165) is 31.7 Å². The predicted molar refractivity (Wildman–Crippen MR) is 130 cm³/mol. The molecule has 0 unspecified atom stereocenters.